The number of hydrogen-bond donors (Lipinski definition) is 0. The third kappa shape index (κ3) is 2.22. The fourth-order valence-corrected chi connectivity index (χ4v) is 2.68. The molecule has 0 aromatic carbocycles. The van der Waals surface area contributed by atoms with E-state index >= 15 is 0 Å². The van der Waals surface area contributed by atoms with Gasteiger partial charge in [-0.05, 0) is 24.9 Å². The molecule has 20 heavy (non-hydrogen) atoms. The highest BCUT2D eigenvalue weighted by Gasteiger charge is 2.12. The Morgan fingerprint density at radius 3 is 3.10 bits per heavy atom. The molecule has 104 valence electrons. The van der Waals surface area contributed by atoms with Crippen molar-refractivity contribution in [2.75, 3.05) is 0 Å². The van der Waals surface area contributed by atoms with E-state index in [0.717, 1.165) is 12.8 Å². The first-order valence-corrected chi connectivity index (χ1v) is 7.09. The number of aromatic nitrogens is 5. The highest BCUT2D eigenvalue weighted by molar-refractivity contribution is 7.12. The molecule has 3 rings (SSSR count). The lowest BCUT2D eigenvalue weighted by Gasteiger charge is -2.00. The van der Waals surface area contributed by atoms with Crippen LogP contribution in [0.25, 0.3) is 10.2 Å². The number of aryl methyl sites for hydroxylation is 2. The van der Waals surface area contributed by atoms with Crippen molar-refractivity contribution in [3.63, 3.8) is 0 Å². The molecule has 8 heteroatoms. The molecule has 3 aromatic rings. The zero-order chi connectivity index (χ0) is 14.1. The summed E-state index contributed by atoms with van der Waals surface area (Å²) in [6.45, 7) is 4.08. The number of nitrogens with zero attached hydrogens (tertiary/aromatic N) is 5. The molecule has 0 spiro atoms. The monoisotopic (exact) mass is 291 g/mol. The Balaban J connectivity index is 1.95. The van der Waals surface area contributed by atoms with E-state index in [9.17, 15) is 4.79 Å². The molecule has 0 radical (unpaired) electrons. The lowest BCUT2D eigenvalue weighted by Crippen LogP contribution is -2.21. The van der Waals surface area contributed by atoms with Crippen LogP contribution in [0.5, 0.6) is 0 Å². The van der Waals surface area contributed by atoms with Crippen LogP contribution in [-0.4, -0.2) is 24.1 Å². The summed E-state index contributed by atoms with van der Waals surface area (Å²) in [6, 6.07) is 0. The predicted octanol–water partition coefficient (Wildman–Crippen LogP) is 1.55. The molecule has 0 aliphatic heterocycles. The minimum atomic E-state index is -0.128. The van der Waals surface area contributed by atoms with Crippen molar-refractivity contribution in [1.29, 1.82) is 0 Å². The molecule has 0 aliphatic rings. The third-order valence-corrected chi connectivity index (χ3v) is 3.77. The van der Waals surface area contributed by atoms with Gasteiger partial charge in [0.05, 0.1) is 17.4 Å². The quantitative estimate of drug-likeness (QED) is 0.724. The van der Waals surface area contributed by atoms with Crippen molar-refractivity contribution >= 4 is 21.7 Å². The lowest BCUT2D eigenvalue weighted by molar-refractivity contribution is 0.364. The standard InChI is InChI=1S/C12H13N5O2S/c1-3-4-8-14-9(19-15-8)5-17-6-13-11-10(12(17)18)7(2)16-20-11/h6H,3-5H2,1-2H3. The van der Waals surface area contributed by atoms with Crippen LogP contribution >= 0.6 is 11.5 Å². The fourth-order valence-electron chi connectivity index (χ4n) is 1.95. The molecule has 0 atom stereocenters. The largest absolute Gasteiger partial charge is 0.337 e. The first-order valence-electron chi connectivity index (χ1n) is 6.32. The van der Waals surface area contributed by atoms with Gasteiger partial charge in [0.25, 0.3) is 5.56 Å². The zero-order valence-electron chi connectivity index (χ0n) is 11.2. The van der Waals surface area contributed by atoms with Crippen molar-refractivity contribution in [2.45, 2.75) is 33.2 Å². The van der Waals surface area contributed by atoms with Crippen LogP contribution in [0, 0.1) is 6.92 Å². The SMILES string of the molecule is CCCc1noc(Cn2cnc3snc(C)c3c2=O)n1. The molecule has 0 saturated carbocycles. The maximum absolute atomic E-state index is 12.3. The van der Waals surface area contributed by atoms with E-state index in [1.807, 2.05) is 6.92 Å². The van der Waals surface area contributed by atoms with E-state index in [-0.39, 0.29) is 12.1 Å². The van der Waals surface area contributed by atoms with Crippen molar-refractivity contribution in [3.8, 4) is 0 Å². The van der Waals surface area contributed by atoms with Gasteiger partial charge >= 0.3 is 0 Å². The molecule has 7 nitrogen and oxygen atoms in total. The Morgan fingerprint density at radius 2 is 2.30 bits per heavy atom. The number of rotatable bonds is 4. The molecule has 0 aliphatic carbocycles. The van der Waals surface area contributed by atoms with Crippen LogP contribution in [-0.2, 0) is 13.0 Å². The van der Waals surface area contributed by atoms with Crippen LogP contribution in [0.2, 0.25) is 0 Å². The molecule has 3 heterocycles. The van der Waals surface area contributed by atoms with Crippen LogP contribution in [0.4, 0.5) is 0 Å². The van der Waals surface area contributed by atoms with Gasteiger partial charge in [-0.1, -0.05) is 12.1 Å². The summed E-state index contributed by atoms with van der Waals surface area (Å²) in [5.74, 6) is 1.08. The highest BCUT2D eigenvalue weighted by Crippen LogP contribution is 2.15. The van der Waals surface area contributed by atoms with Gasteiger partial charge in [-0.25, -0.2) is 4.98 Å². The minimum absolute atomic E-state index is 0.128. The van der Waals surface area contributed by atoms with Crippen molar-refractivity contribution in [3.05, 3.63) is 34.1 Å². The predicted molar refractivity (Wildman–Crippen MR) is 73.8 cm³/mol. The molecular weight excluding hydrogens is 278 g/mol. The van der Waals surface area contributed by atoms with Crippen LogP contribution < -0.4 is 5.56 Å². The van der Waals surface area contributed by atoms with Gasteiger partial charge in [0, 0.05) is 6.42 Å². The molecule has 0 saturated heterocycles. The molecular formula is C12H13N5O2S. The maximum Gasteiger partial charge on any atom is 0.264 e. The van der Waals surface area contributed by atoms with E-state index in [4.69, 9.17) is 4.52 Å². The van der Waals surface area contributed by atoms with Gasteiger partial charge in [-0.2, -0.15) is 9.36 Å². The minimum Gasteiger partial charge on any atom is -0.337 e. The molecule has 0 unspecified atom stereocenters. The summed E-state index contributed by atoms with van der Waals surface area (Å²) in [5.41, 5.74) is 0.575. The van der Waals surface area contributed by atoms with Crippen molar-refractivity contribution < 1.29 is 4.52 Å². The average Bonchev–Trinajstić information content (AvgIpc) is 3.01. The van der Waals surface area contributed by atoms with Crippen LogP contribution in [0.1, 0.15) is 30.8 Å². The number of hydrogen-bond acceptors (Lipinski definition) is 7. The first-order chi connectivity index (χ1) is 9.69. The average molecular weight is 291 g/mol. The van der Waals surface area contributed by atoms with E-state index in [0.29, 0.717) is 27.6 Å². The molecule has 0 N–H and O–H groups in total. The zero-order valence-corrected chi connectivity index (χ0v) is 12.0. The van der Waals surface area contributed by atoms with Crippen molar-refractivity contribution in [1.82, 2.24) is 24.1 Å². The maximum atomic E-state index is 12.3. The first kappa shape index (κ1) is 12.9. The topological polar surface area (TPSA) is 86.7 Å². The number of fused-ring (bicyclic) bond motifs is 1. The second kappa shape index (κ2) is 5.12. The third-order valence-electron chi connectivity index (χ3n) is 2.92. The van der Waals surface area contributed by atoms with Gasteiger partial charge in [0.1, 0.15) is 6.54 Å². The van der Waals surface area contributed by atoms with E-state index in [2.05, 4.69) is 19.5 Å². The molecule has 0 bridgehead atoms. The van der Waals surface area contributed by atoms with Gasteiger partial charge in [-0.3, -0.25) is 9.36 Å². The summed E-state index contributed by atoms with van der Waals surface area (Å²) >= 11 is 1.23. The highest BCUT2D eigenvalue weighted by atomic mass is 32.1. The smallest absolute Gasteiger partial charge is 0.264 e. The summed E-state index contributed by atoms with van der Waals surface area (Å²) in [4.78, 5) is 21.5. The fraction of sp³-hybridized carbons (Fsp3) is 0.417. The summed E-state index contributed by atoms with van der Waals surface area (Å²) in [7, 11) is 0. The van der Waals surface area contributed by atoms with Gasteiger partial charge in [0.2, 0.25) is 5.89 Å². The Labute approximate surface area is 118 Å². The van der Waals surface area contributed by atoms with Gasteiger partial charge in [0.15, 0.2) is 10.7 Å². The van der Waals surface area contributed by atoms with E-state index in [1.165, 1.54) is 22.4 Å². The Kier molecular flexibility index (Phi) is 3.31. The summed E-state index contributed by atoms with van der Waals surface area (Å²) < 4.78 is 10.8. The lowest BCUT2D eigenvalue weighted by atomic mass is 10.3. The summed E-state index contributed by atoms with van der Waals surface area (Å²) in [6.07, 6.45) is 3.21. The molecule has 0 amide bonds. The van der Waals surface area contributed by atoms with E-state index < -0.39 is 0 Å². The Hall–Kier alpha value is -2.09. The van der Waals surface area contributed by atoms with Gasteiger partial charge in [-0.15, -0.1) is 0 Å². The molecule has 0 fully saturated rings. The second-order valence-corrected chi connectivity index (χ2v) is 5.23. The van der Waals surface area contributed by atoms with Gasteiger partial charge < -0.3 is 4.52 Å². The Morgan fingerprint density at radius 1 is 1.45 bits per heavy atom. The van der Waals surface area contributed by atoms with Crippen LogP contribution in [0.15, 0.2) is 15.6 Å². The Bertz CT molecular complexity index is 804. The second-order valence-electron chi connectivity index (χ2n) is 4.48. The molecule has 3 aromatic heterocycles. The van der Waals surface area contributed by atoms with E-state index in [1.54, 1.807) is 6.92 Å². The normalized spacial score (nSPS) is 11.3. The summed E-state index contributed by atoms with van der Waals surface area (Å²) in [5, 5.41) is 4.43. The van der Waals surface area contributed by atoms with Crippen LogP contribution in [0.3, 0.4) is 0 Å². The van der Waals surface area contributed by atoms with Crippen molar-refractivity contribution in [2.24, 2.45) is 0 Å².